The topological polar surface area (TPSA) is 21.3 Å². The number of rotatable bonds is 6. The minimum atomic E-state index is 0.300. The van der Waals surface area contributed by atoms with Gasteiger partial charge >= 0.3 is 0 Å². The van der Waals surface area contributed by atoms with Crippen molar-refractivity contribution in [1.82, 2.24) is 5.32 Å². The summed E-state index contributed by atoms with van der Waals surface area (Å²) in [5.41, 5.74) is 2.43. The third-order valence-electron chi connectivity index (χ3n) is 2.02. The fourth-order valence-electron chi connectivity index (χ4n) is 1.23. The maximum absolute atomic E-state index is 5.76. The summed E-state index contributed by atoms with van der Waals surface area (Å²) in [6.45, 7) is 4.08. The first-order valence-corrected chi connectivity index (χ1v) is 5.95. The third kappa shape index (κ3) is 4.44. The molecule has 2 nitrogen and oxygen atoms in total. The largest absolute Gasteiger partial charge is 0.488 e. The Kier molecular flexibility index (Phi) is 6.31. The highest BCUT2D eigenvalue weighted by Crippen LogP contribution is 2.19. The third-order valence-corrected chi connectivity index (χ3v) is 2.62. The Labute approximate surface area is 106 Å². The molecule has 16 heavy (non-hydrogen) atoms. The van der Waals surface area contributed by atoms with E-state index in [0.717, 1.165) is 24.4 Å². The van der Waals surface area contributed by atoms with E-state index in [-0.39, 0.29) is 0 Å². The van der Waals surface area contributed by atoms with Gasteiger partial charge in [0.05, 0.1) is 5.03 Å². The highest BCUT2D eigenvalue weighted by Gasteiger charge is 2.02. The Morgan fingerprint density at radius 1 is 1.44 bits per heavy atom. The fourth-order valence-corrected chi connectivity index (χ4v) is 1.35. The van der Waals surface area contributed by atoms with Crippen LogP contribution in [0, 0.1) is 0 Å². The van der Waals surface area contributed by atoms with Crippen LogP contribution >= 0.6 is 23.2 Å². The lowest BCUT2D eigenvalue weighted by molar-refractivity contribution is 0.354. The molecule has 0 unspecified atom stereocenters. The molecule has 0 spiro atoms. The molecule has 0 amide bonds. The summed E-state index contributed by atoms with van der Waals surface area (Å²) in [5, 5.41) is 3.74. The molecule has 0 radical (unpaired) electrons. The van der Waals surface area contributed by atoms with Gasteiger partial charge in [-0.25, -0.2) is 0 Å². The van der Waals surface area contributed by atoms with Gasteiger partial charge in [-0.3, -0.25) is 0 Å². The van der Waals surface area contributed by atoms with E-state index in [1.807, 2.05) is 24.3 Å². The summed E-state index contributed by atoms with van der Waals surface area (Å²) in [7, 11) is 0. The summed E-state index contributed by atoms with van der Waals surface area (Å²) >= 11 is 11.2. The molecule has 0 saturated carbocycles. The van der Waals surface area contributed by atoms with Crippen LogP contribution in [0.4, 0.5) is 0 Å². The summed E-state index contributed by atoms with van der Waals surface area (Å²) in [4.78, 5) is 0. The molecule has 0 aromatic heterocycles. The summed E-state index contributed by atoms with van der Waals surface area (Å²) < 4.78 is 5.56. The van der Waals surface area contributed by atoms with E-state index >= 15 is 0 Å². The monoisotopic (exact) mass is 259 g/mol. The van der Waals surface area contributed by atoms with Gasteiger partial charge < -0.3 is 10.1 Å². The van der Waals surface area contributed by atoms with E-state index in [9.17, 15) is 0 Å². The van der Waals surface area contributed by atoms with E-state index in [4.69, 9.17) is 27.9 Å². The molecule has 1 aromatic rings. The first kappa shape index (κ1) is 13.4. The van der Waals surface area contributed by atoms with E-state index < -0.39 is 0 Å². The van der Waals surface area contributed by atoms with Crippen molar-refractivity contribution in [2.75, 3.05) is 13.2 Å². The van der Waals surface area contributed by atoms with Crippen LogP contribution in [0.2, 0.25) is 0 Å². The quantitative estimate of drug-likeness (QED) is 0.845. The summed E-state index contributed by atoms with van der Waals surface area (Å²) in [6.07, 6.45) is 0. The first-order chi connectivity index (χ1) is 7.77. The van der Waals surface area contributed by atoms with Gasteiger partial charge in [0.25, 0.3) is 0 Å². The maximum atomic E-state index is 5.76. The van der Waals surface area contributed by atoms with Crippen LogP contribution in [0.15, 0.2) is 34.8 Å². The Morgan fingerprint density at radius 2 is 2.19 bits per heavy atom. The molecule has 1 N–H and O–H groups in total. The number of nitrogens with one attached hydrogen (secondary N) is 1. The van der Waals surface area contributed by atoms with Crippen molar-refractivity contribution in [3.63, 3.8) is 0 Å². The van der Waals surface area contributed by atoms with Crippen LogP contribution < -0.4 is 10.1 Å². The molecular formula is C12H15Cl2NO. The smallest absolute Gasteiger partial charge is 0.125 e. The van der Waals surface area contributed by atoms with Crippen molar-refractivity contribution in [2.45, 2.75) is 13.5 Å². The Bertz CT molecular complexity index is 353. The predicted molar refractivity (Wildman–Crippen MR) is 69.1 cm³/mol. The molecule has 0 fully saturated rings. The second kappa shape index (κ2) is 7.55. The van der Waals surface area contributed by atoms with Gasteiger partial charge in [-0.1, -0.05) is 48.3 Å². The molecule has 0 heterocycles. The van der Waals surface area contributed by atoms with Crippen LogP contribution in [0.25, 0.3) is 0 Å². The number of halogens is 2. The van der Waals surface area contributed by atoms with Crippen molar-refractivity contribution >= 4 is 23.2 Å². The fraction of sp³-hybridized carbons (Fsp3) is 0.333. The summed E-state index contributed by atoms with van der Waals surface area (Å²) in [6, 6.07) is 7.86. The van der Waals surface area contributed by atoms with Gasteiger partial charge in [0.1, 0.15) is 12.4 Å². The lowest BCUT2D eigenvalue weighted by atomic mass is 10.2. The average Bonchev–Trinajstić information content (AvgIpc) is 2.34. The van der Waals surface area contributed by atoms with Gasteiger partial charge in [-0.05, 0) is 12.6 Å². The molecule has 1 aromatic carbocycles. The second-order valence-electron chi connectivity index (χ2n) is 3.23. The van der Waals surface area contributed by atoms with Crippen molar-refractivity contribution in [3.8, 4) is 5.75 Å². The SMILES string of the molecule is CCNCc1ccccc1OCC(Cl)=CCl. The van der Waals surface area contributed by atoms with Crippen LogP contribution in [0.5, 0.6) is 5.75 Å². The molecule has 88 valence electrons. The molecule has 0 saturated heterocycles. The zero-order valence-corrected chi connectivity index (χ0v) is 10.7. The normalized spacial score (nSPS) is 11.6. The Morgan fingerprint density at radius 3 is 2.88 bits per heavy atom. The van der Waals surface area contributed by atoms with E-state index in [0.29, 0.717) is 11.6 Å². The Balaban J connectivity index is 2.63. The van der Waals surface area contributed by atoms with Crippen LogP contribution in [0.1, 0.15) is 12.5 Å². The van der Waals surface area contributed by atoms with Gasteiger partial charge in [-0.2, -0.15) is 0 Å². The molecule has 4 heteroatoms. The molecule has 0 aliphatic heterocycles. The van der Waals surface area contributed by atoms with Crippen molar-refractivity contribution < 1.29 is 4.74 Å². The number of ether oxygens (including phenoxy) is 1. The molecular weight excluding hydrogens is 245 g/mol. The molecule has 1 rings (SSSR count). The highest BCUT2D eigenvalue weighted by atomic mass is 35.5. The number of para-hydroxylation sites is 1. The Hall–Kier alpha value is -0.700. The highest BCUT2D eigenvalue weighted by molar-refractivity contribution is 6.36. The standard InChI is InChI=1S/C12H15Cl2NO/c1-2-15-8-10-5-3-4-6-12(10)16-9-11(14)7-13/h3-7,15H,2,8-9H2,1H3. The lowest BCUT2D eigenvalue weighted by Crippen LogP contribution is -2.13. The molecule has 0 aliphatic rings. The molecule has 0 bridgehead atoms. The van der Waals surface area contributed by atoms with Gasteiger partial charge in [0.2, 0.25) is 0 Å². The van der Waals surface area contributed by atoms with Gasteiger partial charge in [0.15, 0.2) is 0 Å². The first-order valence-electron chi connectivity index (χ1n) is 5.14. The minimum Gasteiger partial charge on any atom is -0.488 e. The maximum Gasteiger partial charge on any atom is 0.125 e. The number of hydrogen-bond acceptors (Lipinski definition) is 2. The van der Waals surface area contributed by atoms with Crippen LogP contribution in [-0.2, 0) is 6.54 Å². The van der Waals surface area contributed by atoms with Gasteiger partial charge in [0, 0.05) is 17.6 Å². The van der Waals surface area contributed by atoms with E-state index in [1.54, 1.807) is 0 Å². The zero-order valence-electron chi connectivity index (χ0n) is 9.17. The van der Waals surface area contributed by atoms with Crippen molar-refractivity contribution in [2.24, 2.45) is 0 Å². The number of hydrogen-bond donors (Lipinski definition) is 1. The summed E-state index contributed by atoms with van der Waals surface area (Å²) in [5.74, 6) is 0.833. The van der Waals surface area contributed by atoms with Crippen LogP contribution in [0.3, 0.4) is 0 Å². The predicted octanol–water partition coefficient (Wildman–Crippen LogP) is 3.49. The molecule has 0 aliphatic carbocycles. The van der Waals surface area contributed by atoms with Crippen molar-refractivity contribution in [3.05, 3.63) is 40.4 Å². The average molecular weight is 260 g/mol. The minimum absolute atomic E-state index is 0.300. The van der Waals surface area contributed by atoms with Crippen molar-refractivity contribution in [1.29, 1.82) is 0 Å². The second-order valence-corrected chi connectivity index (χ2v) is 3.94. The lowest BCUT2D eigenvalue weighted by Gasteiger charge is -2.11. The van der Waals surface area contributed by atoms with Gasteiger partial charge in [-0.15, -0.1) is 0 Å². The molecule has 0 atom stereocenters. The van der Waals surface area contributed by atoms with E-state index in [1.165, 1.54) is 5.54 Å². The zero-order chi connectivity index (χ0) is 11.8. The number of benzene rings is 1. The van der Waals surface area contributed by atoms with Crippen LogP contribution in [-0.4, -0.2) is 13.2 Å². The van der Waals surface area contributed by atoms with E-state index in [2.05, 4.69) is 12.2 Å².